The van der Waals surface area contributed by atoms with E-state index in [4.69, 9.17) is 19.1 Å². The number of rotatable bonds is 12. The van der Waals surface area contributed by atoms with Crippen molar-refractivity contribution in [2.75, 3.05) is 56.7 Å². The van der Waals surface area contributed by atoms with Crippen molar-refractivity contribution < 1.29 is 9.16 Å². The average molecular weight is 728 g/mol. The number of ether oxygens (including phenoxy) is 1. The third-order valence-electron chi connectivity index (χ3n) is 11.2. The first-order valence-electron chi connectivity index (χ1n) is 19.6. The minimum Gasteiger partial charge on any atom is -0.462 e. The lowest BCUT2D eigenvalue weighted by Gasteiger charge is -2.44. The Morgan fingerprint density at radius 3 is 2.23 bits per heavy atom. The lowest BCUT2D eigenvalue weighted by Crippen LogP contribution is -2.66. The van der Waals surface area contributed by atoms with Crippen molar-refractivity contribution in [2.24, 2.45) is 0 Å². The van der Waals surface area contributed by atoms with E-state index in [0.29, 0.717) is 25.3 Å². The molecule has 0 amide bonds. The van der Waals surface area contributed by atoms with Crippen LogP contribution in [-0.2, 0) is 17.4 Å². The lowest BCUT2D eigenvalue weighted by atomic mass is 9.96. The molecule has 1 unspecified atom stereocenters. The van der Waals surface area contributed by atoms with Gasteiger partial charge in [-0.15, -0.1) is 0 Å². The number of benzene rings is 4. The predicted molar refractivity (Wildman–Crippen MR) is 223 cm³/mol. The van der Waals surface area contributed by atoms with E-state index in [9.17, 15) is 0 Å². The highest BCUT2D eigenvalue weighted by molar-refractivity contribution is 6.99. The summed E-state index contributed by atoms with van der Waals surface area (Å²) in [5.41, 5.74) is 4.91. The number of likely N-dealkylation sites (N-methyl/N-ethyl adjacent to an activating group) is 1. The second kappa shape index (κ2) is 16.0. The van der Waals surface area contributed by atoms with E-state index in [1.807, 2.05) is 0 Å². The van der Waals surface area contributed by atoms with E-state index >= 15 is 0 Å². The maximum Gasteiger partial charge on any atom is 0.318 e. The number of aryl methyl sites for hydroxylation is 1. The summed E-state index contributed by atoms with van der Waals surface area (Å²) in [6, 6.07) is 36.2. The molecule has 278 valence electrons. The first-order valence-corrected chi connectivity index (χ1v) is 21.5. The molecule has 1 saturated heterocycles. The number of hydrogen-bond acceptors (Lipinski definition) is 7. The van der Waals surface area contributed by atoms with Gasteiger partial charge in [-0.25, -0.2) is 0 Å². The van der Waals surface area contributed by atoms with Gasteiger partial charge in [-0.1, -0.05) is 112 Å². The number of nitrogens with zero attached hydrogens (tertiary/aromatic N) is 5. The first kappa shape index (κ1) is 37.1. The van der Waals surface area contributed by atoms with Gasteiger partial charge in [0.05, 0.1) is 12.2 Å². The molecule has 2 aliphatic rings. The lowest BCUT2D eigenvalue weighted by molar-refractivity contribution is 0.243. The number of fused-ring (bicyclic) bond motifs is 2. The van der Waals surface area contributed by atoms with Crippen molar-refractivity contribution in [3.05, 3.63) is 114 Å². The van der Waals surface area contributed by atoms with Crippen LogP contribution in [0.15, 0.2) is 97.1 Å². The fourth-order valence-electron chi connectivity index (χ4n) is 8.60. The Morgan fingerprint density at radius 2 is 1.53 bits per heavy atom. The monoisotopic (exact) mass is 727 g/mol. The SMILES string of the molecule is Cc1cc(N2CCc3c(nc(OCCN(C)C)nc3N3CCCCC3CCO[Si](c3ccccc3)(c3ccccc3)C(C)(C)C)C2)c2ccccc2c1. The summed E-state index contributed by atoms with van der Waals surface area (Å²) in [7, 11) is 1.51. The Hall–Kier alpha value is -4.24. The molecule has 0 spiro atoms. The third kappa shape index (κ3) is 7.86. The van der Waals surface area contributed by atoms with Crippen molar-refractivity contribution in [1.82, 2.24) is 14.9 Å². The summed E-state index contributed by atoms with van der Waals surface area (Å²) in [4.78, 5) is 17.6. The van der Waals surface area contributed by atoms with Crippen LogP contribution in [0.5, 0.6) is 6.01 Å². The molecule has 5 aromatic rings. The maximum absolute atomic E-state index is 7.42. The molecule has 7 nitrogen and oxygen atoms in total. The van der Waals surface area contributed by atoms with E-state index in [-0.39, 0.29) is 5.04 Å². The molecule has 4 aromatic carbocycles. The minimum absolute atomic E-state index is 0.0546. The van der Waals surface area contributed by atoms with Crippen LogP contribution in [0.25, 0.3) is 10.8 Å². The maximum atomic E-state index is 7.42. The van der Waals surface area contributed by atoms with Crippen LogP contribution >= 0.6 is 0 Å². The number of hydrogen-bond donors (Lipinski definition) is 0. The zero-order valence-electron chi connectivity index (χ0n) is 32.6. The fraction of sp³-hybridized carbons (Fsp3) is 0.422. The highest BCUT2D eigenvalue weighted by Gasteiger charge is 2.50. The molecule has 0 aliphatic carbocycles. The zero-order chi connectivity index (χ0) is 37.0. The molecular formula is C45H57N5O2Si. The van der Waals surface area contributed by atoms with Crippen molar-refractivity contribution in [3.63, 3.8) is 0 Å². The second-order valence-electron chi connectivity index (χ2n) is 16.2. The smallest absolute Gasteiger partial charge is 0.318 e. The summed E-state index contributed by atoms with van der Waals surface area (Å²) in [6.07, 6.45) is 5.34. The van der Waals surface area contributed by atoms with Crippen molar-refractivity contribution in [3.8, 4) is 6.01 Å². The summed E-state index contributed by atoms with van der Waals surface area (Å²) in [5, 5.41) is 5.17. The third-order valence-corrected chi connectivity index (χ3v) is 16.2. The topological polar surface area (TPSA) is 54.0 Å². The van der Waals surface area contributed by atoms with Crippen LogP contribution in [0.4, 0.5) is 11.5 Å². The van der Waals surface area contributed by atoms with Crippen LogP contribution in [0.1, 0.15) is 63.3 Å². The molecule has 2 aliphatic heterocycles. The molecule has 0 bridgehead atoms. The Kier molecular flexibility index (Phi) is 11.2. The van der Waals surface area contributed by atoms with E-state index in [1.165, 1.54) is 44.4 Å². The van der Waals surface area contributed by atoms with E-state index < -0.39 is 8.32 Å². The molecule has 7 rings (SSSR count). The van der Waals surface area contributed by atoms with Gasteiger partial charge in [-0.2, -0.15) is 9.97 Å². The van der Waals surface area contributed by atoms with E-state index in [2.05, 4.69) is 154 Å². The molecule has 53 heavy (non-hydrogen) atoms. The summed E-state index contributed by atoms with van der Waals surface area (Å²) in [5.74, 6) is 1.07. The molecule has 1 fully saturated rings. The molecule has 8 heteroatoms. The summed E-state index contributed by atoms with van der Waals surface area (Å²) in [6.45, 7) is 14.0. The van der Waals surface area contributed by atoms with Crippen LogP contribution in [0.3, 0.4) is 0 Å². The zero-order valence-corrected chi connectivity index (χ0v) is 33.6. The van der Waals surface area contributed by atoms with Crippen molar-refractivity contribution in [1.29, 1.82) is 0 Å². The van der Waals surface area contributed by atoms with Crippen LogP contribution in [0, 0.1) is 6.92 Å². The van der Waals surface area contributed by atoms with E-state index in [1.54, 1.807) is 0 Å². The predicted octanol–water partition coefficient (Wildman–Crippen LogP) is 7.77. The van der Waals surface area contributed by atoms with Crippen molar-refractivity contribution in [2.45, 2.75) is 77.4 Å². The van der Waals surface area contributed by atoms with Crippen LogP contribution in [0.2, 0.25) is 5.04 Å². The van der Waals surface area contributed by atoms with Gasteiger partial charge in [0.2, 0.25) is 0 Å². The Morgan fingerprint density at radius 1 is 0.830 bits per heavy atom. The molecular weight excluding hydrogens is 671 g/mol. The minimum atomic E-state index is -2.63. The van der Waals surface area contributed by atoms with Gasteiger partial charge in [0, 0.05) is 48.9 Å². The summed E-state index contributed by atoms with van der Waals surface area (Å²) < 4.78 is 13.7. The van der Waals surface area contributed by atoms with Gasteiger partial charge >= 0.3 is 6.01 Å². The Bertz CT molecular complexity index is 1940. The quantitative estimate of drug-likeness (QED) is 0.122. The molecule has 1 atom stereocenters. The molecule has 1 aromatic heterocycles. The highest BCUT2D eigenvalue weighted by Crippen LogP contribution is 2.39. The average Bonchev–Trinajstić information content (AvgIpc) is 3.16. The van der Waals surface area contributed by atoms with E-state index in [0.717, 1.165) is 63.4 Å². The molecule has 0 radical (unpaired) electrons. The number of piperidine rings is 1. The molecule has 0 N–H and O–H groups in total. The van der Waals surface area contributed by atoms with Gasteiger partial charge in [0.15, 0.2) is 0 Å². The second-order valence-corrected chi connectivity index (χ2v) is 20.5. The van der Waals surface area contributed by atoms with Gasteiger partial charge < -0.3 is 23.9 Å². The van der Waals surface area contributed by atoms with Crippen LogP contribution in [-0.4, -0.2) is 76.2 Å². The normalized spacial score (nSPS) is 16.6. The first-order chi connectivity index (χ1) is 25.6. The Balaban J connectivity index is 1.20. The Labute approximate surface area is 318 Å². The largest absolute Gasteiger partial charge is 0.462 e. The highest BCUT2D eigenvalue weighted by atomic mass is 28.4. The molecule has 0 saturated carbocycles. The number of aromatic nitrogens is 2. The van der Waals surface area contributed by atoms with Gasteiger partial charge in [-0.3, -0.25) is 0 Å². The van der Waals surface area contributed by atoms with Gasteiger partial charge in [0.1, 0.15) is 12.4 Å². The van der Waals surface area contributed by atoms with Gasteiger partial charge in [0.25, 0.3) is 8.32 Å². The fourth-order valence-corrected chi connectivity index (χ4v) is 13.2. The van der Waals surface area contributed by atoms with Gasteiger partial charge in [-0.05, 0) is 85.6 Å². The summed E-state index contributed by atoms with van der Waals surface area (Å²) >= 11 is 0. The van der Waals surface area contributed by atoms with Crippen molar-refractivity contribution >= 4 is 41.0 Å². The van der Waals surface area contributed by atoms with Crippen LogP contribution < -0.4 is 24.9 Å². The number of anilines is 2. The standard InChI is InChI=1S/C45H57N5O2Si/c1-34-31-35-17-13-14-23-39(35)42(32-34)49-27-24-40-41(33-49)46-44(51-30-28-48(5)6)47-43(40)50-26-16-15-18-36(50)25-29-52-53(45(2,3)4,37-19-9-7-10-20-37)38-21-11-8-12-22-38/h7-14,17,19-23,31-32,36H,15-16,18,24-30,33H2,1-6H3. The molecule has 3 heterocycles.